The SMILES string of the molecule is C=C(OOOC)C(C)COCCOOOOC=CCCCCCCCCCCCCCCCCCCCC. The van der Waals surface area contributed by atoms with Crippen molar-refractivity contribution in [3.8, 4) is 0 Å². The first-order chi connectivity index (χ1) is 18.7. The van der Waals surface area contributed by atoms with Crippen molar-refractivity contribution >= 4 is 0 Å². The molecule has 0 amide bonds. The fourth-order valence-electron chi connectivity index (χ4n) is 3.97. The van der Waals surface area contributed by atoms with E-state index >= 15 is 0 Å². The molecule has 0 aliphatic rings. The Morgan fingerprint density at radius 2 is 1.21 bits per heavy atom. The highest BCUT2D eigenvalue weighted by Crippen LogP contribution is 2.15. The molecule has 226 valence electrons. The summed E-state index contributed by atoms with van der Waals surface area (Å²) in [4.78, 5) is 18.7. The van der Waals surface area contributed by atoms with Crippen LogP contribution in [0.1, 0.15) is 136 Å². The van der Waals surface area contributed by atoms with E-state index < -0.39 is 0 Å². The van der Waals surface area contributed by atoms with Crippen LogP contribution in [0.3, 0.4) is 0 Å². The molecule has 0 spiro atoms. The van der Waals surface area contributed by atoms with Gasteiger partial charge in [0.2, 0.25) is 0 Å². The van der Waals surface area contributed by atoms with Gasteiger partial charge in [0.1, 0.15) is 18.6 Å². The van der Waals surface area contributed by atoms with E-state index in [2.05, 4.69) is 33.5 Å². The van der Waals surface area contributed by atoms with Crippen molar-refractivity contribution in [3.05, 3.63) is 24.7 Å². The molecule has 0 radical (unpaired) electrons. The largest absolute Gasteiger partial charge is 0.378 e. The summed E-state index contributed by atoms with van der Waals surface area (Å²) in [6.07, 6.45) is 29.3. The quantitative estimate of drug-likeness (QED) is 0.0357. The third-order valence-corrected chi connectivity index (χ3v) is 6.43. The third-order valence-electron chi connectivity index (χ3n) is 6.43. The summed E-state index contributed by atoms with van der Waals surface area (Å²) < 4.78 is 5.40. The zero-order valence-corrected chi connectivity index (χ0v) is 24.8. The lowest BCUT2D eigenvalue weighted by Gasteiger charge is -2.12. The molecule has 0 heterocycles. The Kier molecular flexibility index (Phi) is 31.1. The van der Waals surface area contributed by atoms with Crippen molar-refractivity contribution < 1.29 is 39.4 Å². The molecule has 8 heteroatoms. The molecule has 1 unspecified atom stereocenters. The van der Waals surface area contributed by atoms with Gasteiger partial charge in [0.25, 0.3) is 0 Å². The van der Waals surface area contributed by atoms with E-state index in [1.165, 1.54) is 123 Å². The molecule has 38 heavy (non-hydrogen) atoms. The Morgan fingerprint density at radius 1 is 0.684 bits per heavy atom. The summed E-state index contributed by atoms with van der Waals surface area (Å²) in [5.41, 5.74) is 0. The molecule has 0 aromatic rings. The van der Waals surface area contributed by atoms with Crippen molar-refractivity contribution in [1.82, 2.24) is 0 Å². The summed E-state index contributed by atoms with van der Waals surface area (Å²) in [5, 5.41) is 13.3. The van der Waals surface area contributed by atoms with Gasteiger partial charge < -0.3 is 14.5 Å². The number of unbranched alkanes of at least 4 members (excludes halogenated alkanes) is 18. The molecule has 0 aliphatic carbocycles. The lowest BCUT2D eigenvalue weighted by molar-refractivity contribution is -0.622. The fraction of sp³-hybridized carbons (Fsp3) is 0.867. The van der Waals surface area contributed by atoms with Gasteiger partial charge in [-0.3, -0.25) is 0 Å². The van der Waals surface area contributed by atoms with Crippen LogP contribution in [0.5, 0.6) is 0 Å². The zero-order valence-electron chi connectivity index (χ0n) is 24.8. The van der Waals surface area contributed by atoms with Crippen LogP contribution in [-0.2, 0) is 39.4 Å². The van der Waals surface area contributed by atoms with Gasteiger partial charge >= 0.3 is 0 Å². The first kappa shape index (κ1) is 36.8. The topological polar surface area (TPSA) is 73.8 Å². The van der Waals surface area contributed by atoms with E-state index in [0.29, 0.717) is 19.0 Å². The van der Waals surface area contributed by atoms with E-state index in [9.17, 15) is 0 Å². The van der Waals surface area contributed by atoms with Gasteiger partial charge in [0.15, 0.2) is 0 Å². The predicted molar refractivity (Wildman–Crippen MR) is 150 cm³/mol. The van der Waals surface area contributed by atoms with E-state index in [1.807, 2.05) is 13.0 Å². The number of rotatable bonds is 32. The summed E-state index contributed by atoms with van der Waals surface area (Å²) in [7, 11) is 1.34. The van der Waals surface area contributed by atoms with Crippen LogP contribution in [0.15, 0.2) is 24.7 Å². The summed E-state index contributed by atoms with van der Waals surface area (Å²) >= 11 is 0. The van der Waals surface area contributed by atoms with Gasteiger partial charge in [-0.15, -0.1) is 0 Å². The molecule has 0 saturated heterocycles. The summed E-state index contributed by atoms with van der Waals surface area (Å²) in [5.74, 6) is 0.331. The van der Waals surface area contributed by atoms with E-state index in [-0.39, 0.29) is 12.5 Å². The maximum Gasteiger partial charge on any atom is 0.143 e. The maximum atomic E-state index is 5.40. The van der Waals surface area contributed by atoms with Crippen LogP contribution in [0.25, 0.3) is 0 Å². The molecular formula is C30H58O8. The lowest BCUT2D eigenvalue weighted by Crippen LogP contribution is -2.13. The second kappa shape index (κ2) is 32.1. The number of ether oxygens (including phenoxy) is 1. The number of allylic oxidation sites excluding steroid dienone is 1. The van der Waals surface area contributed by atoms with Crippen LogP contribution in [0.2, 0.25) is 0 Å². The molecule has 0 aromatic carbocycles. The summed E-state index contributed by atoms with van der Waals surface area (Å²) in [6.45, 7) is 8.74. The first-order valence-electron chi connectivity index (χ1n) is 15.1. The maximum absolute atomic E-state index is 5.40. The molecule has 1 atom stereocenters. The average molecular weight is 547 g/mol. The second-order valence-electron chi connectivity index (χ2n) is 9.99. The minimum atomic E-state index is -0.0696. The molecule has 0 aromatic heterocycles. The highest BCUT2D eigenvalue weighted by Gasteiger charge is 2.09. The van der Waals surface area contributed by atoms with Gasteiger partial charge in [-0.05, 0) is 29.0 Å². The average Bonchev–Trinajstić information content (AvgIpc) is 2.93. The fourth-order valence-corrected chi connectivity index (χ4v) is 3.97. The van der Waals surface area contributed by atoms with E-state index in [0.717, 1.165) is 12.8 Å². The lowest BCUT2D eigenvalue weighted by atomic mass is 10.0. The van der Waals surface area contributed by atoms with Gasteiger partial charge in [-0.2, -0.15) is 4.89 Å². The third kappa shape index (κ3) is 29.4. The van der Waals surface area contributed by atoms with Crippen LogP contribution in [0.4, 0.5) is 0 Å². The summed E-state index contributed by atoms with van der Waals surface area (Å²) in [6, 6.07) is 0. The molecule has 0 fully saturated rings. The molecule has 0 rings (SSSR count). The van der Waals surface area contributed by atoms with Crippen molar-refractivity contribution in [2.45, 2.75) is 136 Å². The van der Waals surface area contributed by atoms with Gasteiger partial charge in [0.05, 0.1) is 20.3 Å². The monoisotopic (exact) mass is 546 g/mol. The molecule has 0 bridgehead atoms. The first-order valence-corrected chi connectivity index (χ1v) is 15.1. The predicted octanol–water partition coefficient (Wildman–Crippen LogP) is 9.42. The molecule has 8 nitrogen and oxygen atoms in total. The Hall–Kier alpha value is -1.16. The molecule has 0 aliphatic heterocycles. The Labute approximate surface area is 232 Å². The molecule has 0 saturated carbocycles. The number of hydrogen-bond acceptors (Lipinski definition) is 8. The molecule has 0 N–H and O–H groups in total. The molecular weight excluding hydrogens is 488 g/mol. The van der Waals surface area contributed by atoms with Crippen LogP contribution in [0, 0.1) is 5.92 Å². The Bertz CT molecular complexity index is 501. The Balaban J connectivity index is 3.18. The normalized spacial score (nSPS) is 12.3. The minimum absolute atomic E-state index is 0.0696. The van der Waals surface area contributed by atoms with Gasteiger partial charge in [-0.25, -0.2) is 4.89 Å². The van der Waals surface area contributed by atoms with Crippen LogP contribution >= 0.6 is 0 Å². The smallest absolute Gasteiger partial charge is 0.143 e. The van der Waals surface area contributed by atoms with E-state index in [1.54, 1.807) is 0 Å². The van der Waals surface area contributed by atoms with Crippen LogP contribution in [-0.4, -0.2) is 26.9 Å². The van der Waals surface area contributed by atoms with Crippen LogP contribution < -0.4 is 0 Å². The van der Waals surface area contributed by atoms with Gasteiger partial charge in [-0.1, -0.05) is 130 Å². The highest BCUT2D eigenvalue weighted by atomic mass is 17.7. The standard InChI is InChI=1S/C30H58O8/c1-5-6-7-8-9-10-11-12-13-14-15-16-17-18-19-20-21-22-23-24-25-33-37-38-34-27-26-32-28-29(2)30(3)35-36-31-4/h24-25,29H,3,5-23,26-28H2,1-2,4H3. The van der Waals surface area contributed by atoms with Crippen molar-refractivity contribution in [3.63, 3.8) is 0 Å². The zero-order chi connectivity index (χ0) is 27.8. The second-order valence-corrected chi connectivity index (χ2v) is 9.99. The number of hydrogen-bond donors (Lipinski definition) is 0. The minimum Gasteiger partial charge on any atom is -0.378 e. The van der Waals surface area contributed by atoms with Crippen molar-refractivity contribution in [2.24, 2.45) is 5.92 Å². The van der Waals surface area contributed by atoms with Gasteiger partial charge in [0, 0.05) is 11.0 Å². The highest BCUT2D eigenvalue weighted by molar-refractivity contribution is 4.87. The van der Waals surface area contributed by atoms with Crippen molar-refractivity contribution in [2.75, 3.05) is 26.9 Å². The Morgan fingerprint density at radius 3 is 1.74 bits per heavy atom. The van der Waals surface area contributed by atoms with Crippen molar-refractivity contribution in [1.29, 1.82) is 0 Å². The van der Waals surface area contributed by atoms with E-state index in [4.69, 9.17) is 19.4 Å².